The van der Waals surface area contributed by atoms with Crippen LogP contribution in [-0.4, -0.2) is 0 Å². The van der Waals surface area contributed by atoms with E-state index in [1.165, 1.54) is 38.9 Å². The SMILES string of the molecule is CC1(C)c2ccccc2-c2ccc(N(c3ccccc3-c3ccccc3)c3cccc4c3Oc3ccccc3-c3ccccc3-c3ccccc3-c3ccccc3-4)cc21. The van der Waals surface area contributed by atoms with Crippen molar-refractivity contribution in [2.75, 3.05) is 4.90 Å². The van der Waals surface area contributed by atoms with Crippen molar-refractivity contribution in [2.45, 2.75) is 19.3 Å². The summed E-state index contributed by atoms with van der Waals surface area (Å²) < 4.78 is 7.53. The first-order chi connectivity index (χ1) is 29.1. The van der Waals surface area contributed by atoms with E-state index < -0.39 is 0 Å². The molecule has 0 saturated heterocycles. The maximum Gasteiger partial charge on any atom is 0.159 e. The fourth-order valence-corrected chi connectivity index (χ4v) is 9.54. The highest BCUT2D eigenvalue weighted by atomic mass is 16.5. The Morgan fingerprint density at radius 2 is 0.797 bits per heavy atom. The first-order valence-corrected chi connectivity index (χ1v) is 20.4. The van der Waals surface area contributed by atoms with Crippen molar-refractivity contribution >= 4 is 17.1 Å². The normalized spacial score (nSPS) is 12.8. The molecule has 0 saturated carbocycles. The maximum absolute atomic E-state index is 7.53. The second-order valence-electron chi connectivity index (χ2n) is 16.0. The van der Waals surface area contributed by atoms with Crippen LogP contribution in [-0.2, 0) is 5.41 Å². The lowest BCUT2D eigenvalue weighted by Gasteiger charge is -2.32. The van der Waals surface area contributed by atoms with Gasteiger partial charge in [0.1, 0.15) is 5.75 Å². The highest BCUT2D eigenvalue weighted by Crippen LogP contribution is 2.55. The van der Waals surface area contributed by atoms with Crippen molar-refractivity contribution in [3.8, 4) is 78.3 Å². The van der Waals surface area contributed by atoms with Crippen molar-refractivity contribution in [1.82, 2.24) is 0 Å². The number of hydrogen-bond acceptors (Lipinski definition) is 2. The number of fused-ring (bicyclic) bond motifs is 12. The Balaban J connectivity index is 1.23. The van der Waals surface area contributed by atoms with E-state index in [1.807, 2.05) is 0 Å². The summed E-state index contributed by atoms with van der Waals surface area (Å²) in [5.41, 5.74) is 19.4. The first kappa shape index (κ1) is 34.8. The average molecular weight is 756 g/mol. The summed E-state index contributed by atoms with van der Waals surface area (Å²) in [6, 6.07) is 76.8. The summed E-state index contributed by atoms with van der Waals surface area (Å²) in [4.78, 5) is 2.42. The van der Waals surface area contributed by atoms with E-state index in [0.717, 1.165) is 67.5 Å². The van der Waals surface area contributed by atoms with E-state index in [2.05, 4.69) is 231 Å². The molecule has 0 N–H and O–H groups in total. The van der Waals surface area contributed by atoms with Gasteiger partial charge in [0, 0.05) is 27.8 Å². The molecule has 0 amide bonds. The molecule has 0 aromatic heterocycles. The first-order valence-electron chi connectivity index (χ1n) is 20.4. The largest absolute Gasteiger partial charge is 0.454 e. The zero-order valence-electron chi connectivity index (χ0n) is 33.1. The highest BCUT2D eigenvalue weighted by Gasteiger charge is 2.36. The summed E-state index contributed by atoms with van der Waals surface area (Å²) in [5, 5.41) is 0. The molecule has 2 heteroatoms. The summed E-state index contributed by atoms with van der Waals surface area (Å²) in [6.45, 7) is 4.70. The zero-order chi connectivity index (χ0) is 39.5. The van der Waals surface area contributed by atoms with Crippen LogP contribution >= 0.6 is 0 Å². The Labute approximate surface area is 346 Å². The summed E-state index contributed by atoms with van der Waals surface area (Å²) in [6.07, 6.45) is 0. The second-order valence-corrected chi connectivity index (χ2v) is 16.0. The number of para-hydroxylation sites is 3. The highest BCUT2D eigenvalue weighted by molar-refractivity contribution is 6.00. The van der Waals surface area contributed by atoms with E-state index in [-0.39, 0.29) is 5.41 Å². The van der Waals surface area contributed by atoms with Gasteiger partial charge in [-0.15, -0.1) is 0 Å². The minimum absolute atomic E-state index is 0.179. The van der Waals surface area contributed by atoms with Gasteiger partial charge in [0.25, 0.3) is 0 Å². The lowest BCUT2D eigenvalue weighted by atomic mass is 9.82. The smallest absolute Gasteiger partial charge is 0.159 e. The number of hydrogen-bond donors (Lipinski definition) is 0. The van der Waals surface area contributed by atoms with Crippen molar-refractivity contribution < 1.29 is 4.74 Å². The fraction of sp³-hybridized carbons (Fsp3) is 0.0526. The number of ether oxygens (including phenoxy) is 1. The molecule has 0 bridgehead atoms. The van der Waals surface area contributed by atoms with Crippen LogP contribution < -0.4 is 9.64 Å². The average Bonchev–Trinajstić information content (AvgIpc) is 3.52. The number of anilines is 3. The van der Waals surface area contributed by atoms with Gasteiger partial charge in [-0.3, -0.25) is 0 Å². The molecule has 59 heavy (non-hydrogen) atoms. The van der Waals surface area contributed by atoms with Crippen LogP contribution in [0.15, 0.2) is 212 Å². The van der Waals surface area contributed by atoms with Crippen LogP contribution in [0.3, 0.4) is 0 Å². The van der Waals surface area contributed by atoms with Gasteiger partial charge in [0.05, 0.1) is 11.4 Å². The van der Waals surface area contributed by atoms with E-state index in [1.54, 1.807) is 0 Å². The van der Waals surface area contributed by atoms with E-state index >= 15 is 0 Å². The molecule has 0 fully saturated rings. The van der Waals surface area contributed by atoms with Gasteiger partial charge in [-0.2, -0.15) is 0 Å². The Kier molecular flexibility index (Phi) is 8.20. The summed E-state index contributed by atoms with van der Waals surface area (Å²) in [7, 11) is 0. The van der Waals surface area contributed by atoms with Crippen molar-refractivity contribution in [2.24, 2.45) is 0 Å². The molecule has 1 aliphatic carbocycles. The fourth-order valence-electron chi connectivity index (χ4n) is 9.54. The van der Waals surface area contributed by atoms with E-state index in [9.17, 15) is 0 Å². The zero-order valence-corrected chi connectivity index (χ0v) is 33.1. The molecule has 0 unspecified atom stereocenters. The Morgan fingerprint density at radius 1 is 0.339 bits per heavy atom. The van der Waals surface area contributed by atoms with E-state index in [0.29, 0.717) is 0 Å². The molecule has 9 aromatic carbocycles. The van der Waals surface area contributed by atoms with Crippen LogP contribution in [0.4, 0.5) is 17.1 Å². The molecule has 0 radical (unpaired) electrons. The van der Waals surface area contributed by atoms with Gasteiger partial charge in [-0.25, -0.2) is 0 Å². The van der Waals surface area contributed by atoms with Crippen molar-refractivity contribution in [3.05, 3.63) is 223 Å². The van der Waals surface area contributed by atoms with Crippen LogP contribution in [0.5, 0.6) is 11.5 Å². The number of benzene rings is 9. The molecular weight excluding hydrogens is 715 g/mol. The van der Waals surface area contributed by atoms with Crippen LogP contribution in [0.25, 0.3) is 66.8 Å². The van der Waals surface area contributed by atoms with E-state index in [4.69, 9.17) is 4.74 Å². The molecule has 280 valence electrons. The molecule has 2 nitrogen and oxygen atoms in total. The molecule has 9 aromatic rings. The monoisotopic (exact) mass is 755 g/mol. The lowest BCUT2D eigenvalue weighted by molar-refractivity contribution is 0.487. The maximum atomic E-state index is 7.53. The molecule has 2 aliphatic rings. The number of nitrogens with zero attached hydrogens (tertiary/aromatic N) is 1. The van der Waals surface area contributed by atoms with Crippen molar-refractivity contribution in [1.29, 1.82) is 0 Å². The lowest BCUT2D eigenvalue weighted by Crippen LogP contribution is -2.17. The topological polar surface area (TPSA) is 12.5 Å². The summed E-state index contributed by atoms with van der Waals surface area (Å²) in [5.74, 6) is 1.59. The summed E-state index contributed by atoms with van der Waals surface area (Å²) >= 11 is 0. The van der Waals surface area contributed by atoms with Gasteiger partial charge in [0.2, 0.25) is 0 Å². The number of rotatable bonds is 4. The van der Waals surface area contributed by atoms with Crippen molar-refractivity contribution in [3.63, 3.8) is 0 Å². The Hall–Kier alpha value is -7.42. The van der Waals surface area contributed by atoms with Gasteiger partial charge in [-0.05, 0) is 91.5 Å². The van der Waals surface area contributed by atoms with Crippen LogP contribution in [0.2, 0.25) is 0 Å². The van der Waals surface area contributed by atoms with Gasteiger partial charge < -0.3 is 9.64 Å². The molecule has 0 spiro atoms. The third kappa shape index (κ3) is 5.63. The molecule has 11 rings (SSSR count). The van der Waals surface area contributed by atoms with Gasteiger partial charge >= 0.3 is 0 Å². The second kappa shape index (κ2) is 13.9. The third-order valence-corrected chi connectivity index (χ3v) is 12.3. The predicted octanol–water partition coefficient (Wildman–Crippen LogP) is 15.9. The minimum Gasteiger partial charge on any atom is -0.454 e. The standard InChI is InChI=1S/C57H41NO/c1-57(2)51-31-15-12-28-47(51)48-36-35-39(37-52(48)57)58(53-32-16-13-21-40(53)38-19-4-3-5-20-38)54-33-18-30-50-46-27-11-9-25-44(46)42-23-7-6-22-41(42)43-24-8-10-26-45(43)49-29-14-17-34-55(49)59-56(50)54/h3-37H,1-2H3. The Bertz CT molecular complexity index is 3070. The molecule has 0 atom stereocenters. The third-order valence-electron chi connectivity index (χ3n) is 12.3. The Morgan fingerprint density at radius 3 is 1.46 bits per heavy atom. The quantitative estimate of drug-likeness (QED) is 0.177. The minimum atomic E-state index is -0.179. The van der Waals surface area contributed by atoms with Gasteiger partial charge in [0.15, 0.2) is 5.75 Å². The van der Waals surface area contributed by atoms with Gasteiger partial charge in [-0.1, -0.05) is 196 Å². The predicted molar refractivity (Wildman–Crippen MR) is 246 cm³/mol. The molecular formula is C57H41NO. The molecule has 1 heterocycles. The van der Waals surface area contributed by atoms with Crippen LogP contribution in [0, 0.1) is 0 Å². The molecule has 1 aliphatic heterocycles. The van der Waals surface area contributed by atoms with Crippen LogP contribution in [0.1, 0.15) is 25.0 Å².